The summed E-state index contributed by atoms with van der Waals surface area (Å²) in [5.41, 5.74) is 1.11. The highest BCUT2D eigenvalue weighted by molar-refractivity contribution is 7.14. The summed E-state index contributed by atoms with van der Waals surface area (Å²) in [6.45, 7) is 13.5. The van der Waals surface area contributed by atoms with E-state index in [1.807, 2.05) is 42.7 Å². The van der Waals surface area contributed by atoms with Crippen molar-refractivity contribution in [3.05, 3.63) is 64.1 Å². The zero-order valence-corrected chi connectivity index (χ0v) is 31.4. The smallest absolute Gasteiger partial charge is 0.328 e. The lowest BCUT2D eigenvalue weighted by atomic mass is 9.72. The number of aliphatic carboxylic acids is 1. The van der Waals surface area contributed by atoms with Gasteiger partial charge in [-0.3, -0.25) is 9.59 Å². The number of nitrogens with zero attached hydrogens (tertiary/aromatic N) is 3. The fourth-order valence-corrected chi connectivity index (χ4v) is 8.36. The van der Waals surface area contributed by atoms with Crippen molar-refractivity contribution in [1.82, 2.24) is 20.6 Å². The number of piperidine rings is 1. The van der Waals surface area contributed by atoms with Crippen molar-refractivity contribution in [3.8, 4) is 11.4 Å². The molecule has 3 N–H and O–H groups in total. The number of anilines is 1. The molecule has 2 aliphatic rings. The van der Waals surface area contributed by atoms with Crippen LogP contribution in [0.4, 0.5) is 5.69 Å². The third-order valence-corrected chi connectivity index (χ3v) is 12.1. The van der Waals surface area contributed by atoms with E-state index in [1.54, 1.807) is 6.07 Å². The van der Waals surface area contributed by atoms with E-state index in [4.69, 9.17) is 9.97 Å². The lowest BCUT2D eigenvalue weighted by Crippen LogP contribution is -2.56. The maximum atomic E-state index is 13.4. The van der Waals surface area contributed by atoms with Crippen molar-refractivity contribution < 1.29 is 19.5 Å². The molecule has 0 radical (unpaired) electrons. The topological polar surface area (TPSA) is 125 Å². The van der Waals surface area contributed by atoms with E-state index >= 15 is 0 Å². The summed E-state index contributed by atoms with van der Waals surface area (Å²) in [5.74, 6) is 1.21. The molecule has 10 heteroatoms. The number of hydrogen-bond donors (Lipinski definition) is 3. The minimum atomic E-state index is -1.50. The Morgan fingerprint density at radius 2 is 1.52 bits per heavy atom. The average molecular weight is 702 g/mol. The summed E-state index contributed by atoms with van der Waals surface area (Å²) < 4.78 is 0. The molecule has 3 heterocycles. The number of carbonyl (C=O) groups excluding carboxylic acids is 2. The Morgan fingerprint density at radius 3 is 2.08 bits per heavy atom. The number of aromatic nitrogens is 2. The van der Waals surface area contributed by atoms with Crippen molar-refractivity contribution in [2.75, 3.05) is 18.0 Å². The summed E-state index contributed by atoms with van der Waals surface area (Å²) >= 11 is 1.39. The highest BCUT2D eigenvalue weighted by atomic mass is 32.1. The average Bonchev–Trinajstić information content (AvgIpc) is 3.61. The SMILES string of the molecule is CCC[C@H]1CC[C@H](C2CCN(c3cnc(-c4ccc(C[C@H](NC(=O)c5ccc(C(C)(C)C)s5)C(=O)NC(C)(C)C(=O)O)cc4)nc3)CC2)CC1. The summed E-state index contributed by atoms with van der Waals surface area (Å²) in [6, 6.07) is 10.3. The number of carboxylic acids is 1. The van der Waals surface area contributed by atoms with Gasteiger partial charge in [0.2, 0.25) is 5.91 Å². The summed E-state index contributed by atoms with van der Waals surface area (Å²) in [6.07, 6.45) is 14.9. The van der Waals surface area contributed by atoms with Crippen LogP contribution < -0.4 is 15.5 Å². The van der Waals surface area contributed by atoms with Crippen LogP contribution in [-0.2, 0) is 21.4 Å². The van der Waals surface area contributed by atoms with E-state index in [0.717, 1.165) is 52.5 Å². The van der Waals surface area contributed by atoms with Crippen molar-refractivity contribution in [2.45, 2.75) is 116 Å². The molecule has 2 amide bonds. The largest absolute Gasteiger partial charge is 0.480 e. The van der Waals surface area contributed by atoms with Gasteiger partial charge in [0, 0.05) is 30.0 Å². The van der Waals surface area contributed by atoms with Crippen LogP contribution in [0.5, 0.6) is 0 Å². The first-order valence-electron chi connectivity index (χ1n) is 18.4. The van der Waals surface area contributed by atoms with E-state index in [2.05, 4.69) is 43.2 Å². The number of benzene rings is 1. The Kier molecular flexibility index (Phi) is 12.0. The second-order valence-corrected chi connectivity index (χ2v) is 17.0. The minimum Gasteiger partial charge on any atom is -0.480 e. The molecule has 2 fully saturated rings. The van der Waals surface area contributed by atoms with E-state index < -0.39 is 23.5 Å². The number of hydrogen-bond acceptors (Lipinski definition) is 7. The summed E-state index contributed by atoms with van der Waals surface area (Å²) in [4.78, 5) is 51.8. The second kappa shape index (κ2) is 16.0. The Labute approximate surface area is 301 Å². The number of thiophene rings is 1. The second-order valence-electron chi connectivity index (χ2n) is 15.9. The van der Waals surface area contributed by atoms with Crippen molar-refractivity contribution in [3.63, 3.8) is 0 Å². The molecule has 1 atom stereocenters. The predicted molar refractivity (Wildman–Crippen MR) is 201 cm³/mol. The standard InChI is InChI=1S/C40H55N5O4S/c1-7-8-26-9-13-28(14-10-26)29-19-21-45(22-20-29)31-24-41-35(42-25-31)30-15-11-27(12-16-30)23-32(36(46)44-40(5,6)38(48)49)43-37(47)33-17-18-34(50-33)39(2,3)4/h11-12,15-18,24-26,28-29,32H,7-10,13-14,19-23H2,1-6H3,(H,43,47)(H,44,46)(H,48,49)/t26-,28-,32-/m0/s1. The Hall–Kier alpha value is -3.79. The van der Waals surface area contributed by atoms with Gasteiger partial charge < -0.3 is 20.6 Å². The van der Waals surface area contributed by atoms with Gasteiger partial charge in [-0.15, -0.1) is 11.3 Å². The highest BCUT2D eigenvalue weighted by Crippen LogP contribution is 2.39. The first kappa shape index (κ1) is 37.5. The molecule has 9 nitrogen and oxygen atoms in total. The molecule has 3 aromatic rings. The Balaban J connectivity index is 1.20. The van der Waals surface area contributed by atoms with Crippen molar-refractivity contribution in [1.29, 1.82) is 0 Å². The molecular formula is C40H55N5O4S. The molecule has 0 unspecified atom stereocenters. The zero-order valence-electron chi connectivity index (χ0n) is 30.6. The number of nitrogens with one attached hydrogen (secondary N) is 2. The van der Waals surface area contributed by atoms with Gasteiger partial charge in [0.25, 0.3) is 5.91 Å². The quantitative estimate of drug-likeness (QED) is 0.177. The molecule has 5 rings (SSSR count). The zero-order chi connectivity index (χ0) is 36.1. The van der Waals surface area contributed by atoms with Crippen molar-refractivity contribution >= 4 is 34.8 Å². The monoisotopic (exact) mass is 701 g/mol. The van der Waals surface area contributed by atoms with E-state index in [0.29, 0.717) is 10.7 Å². The maximum absolute atomic E-state index is 13.4. The number of amides is 2. The van der Waals surface area contributed by atoms with Crippen LogP contribution in [0.25, 0.3) is 11.4 Å². The Morgan fingerprint density at radius 1 is 0.900 bits per heavy atom. The van der Waals surface area contributed by atoms with E-state index in [1.165, 1.54) is 76.6 Å². The van der Waals surface area contributed by atoms with Gasteiger partial charge in [-0.2, -0.15) is 0 Å². The van der Waals surface area contributed by atoms with Gasteiger partial charge in [-0.25, -0.2) is 14.8 Å². The molecule has 1 saturated carbocycles. The van der Waals surface area contributed by atoms with Gasteiger partial charge in [-0.1, -0.05) is 77.6 Å². The van der Waals surface area contributed by atoms with Gasteiger partial charge in [0.05, 0.1) is 23.0 Å². The third-order valence-electron chi connectivity index (χ3n) is 10.6. The lowest BCUT2D eigenvalue weighted by Gasteiger charge is -2.39. The van der Waals surface area contributed by atoms with Gasteiger partial charge in [0.1, 0.15) is 11.6 Å². The van der Waals surface area contributed by atoms with Crippen LogP contribution in [0.15, 0.2) is 48.8 Å². The molecule has 270 valence electrons. The van der Waals surface area contributed by atoms with Crippen LogP contribution in [0.1, 0.15) is 113 Å². The van der Waals surface area contributed by atoms with Crippen molar-refractivity contribution in [2.24, 2.45) is 17.8 Å². The number of carboxylic acid groups (broad SMARTS) is 1. The third kappa shape index (κ3) is 9.50. The van der Waals surface area contributed by atoms with Gasteiger partial charge >= 0.3 is 5.97 Å². The van der Waals surface area contributed by atoms with Crippen LogP contribution in [0.2, 0.25) is 0 Å². The molecule has 1 aliphatic heterocycles. The fourth-order valence-electron chi connectivity index (χ4n) is 7.40. The molecular weight excluding hydrogens is 647 g/mol. The van der Waals surface area contributed by atoms with Crippen LogP contribution in [-0.4, -0.2) is 57.5 Å². The summed E-state index contributed by atoms with van der Waals surface area (Å²) in [5, 5.41) is 15.0. The normalized spacial score (nSPS) is 19.5. The molecule has 0 spiro atoms. The van der Waals surface area contributed by atoms with Gasteiger partial charge in [-0.05, 0) is 80.4 Å². The lowest BCUT2D eigenvalue weighted by molar-refractivity contribution is -0.146. The molecule has 1 aromatic carbocycles. The Bertz CT molecular complexity index is 1600. The maximum Gasteiger partial charge on any atom is 0.328 e. The van der Waals surface area contributed by atoms with E-state index in [9.17, 15) is 19.5 Å². The van der Waals surface area contributed by atoms with Crippen LogP contribution in [0.3, 0.4) is 0 Å². The predicted octanol–water partition coefficient (Wildman–Crippen LogP) is 7.65. The first-order valence-corrected chi connectivity index (χ1v) is 19.2. The minimum absolute atomic E-state index is 0.110. The summed E-state index contributed by atoms with van der Waals surface area (Å²) in [7, 11) is 0. The van der Waals surface area contributed by atoms with Crippen LogP contribution in [0, 0.1) is 17.8 Å². The number of rotatable bonds is 12. The fraction of sp³-hybridized carbons (Fsp3) is 0.575. The van der Waals surface area contributed by atoms with E-state index in [-0.39, 0.29) is 17.7 Å². The molecule has 50 heavy (non-hydrogen) atoms. The molecule has 0 bridgehead atoms. The highest BCUT2D eigenvalue weighted by Gasteiger charge is 2.34. The van der Waals surface area contributed by atoms with Crippen LogP contribution >= 0.6 is 11.3 Å². The molecule has 1 saturated heterocycles. The first-order chi connectivity index (χ1) is 23.7. The van der Waals surface area contributed by atoms with Gasteiger partial charge in [0.15, 0.2) is 5.82 Å². The molecule has 1 aliphatic carbocycles. The number of carbonyl (C=O) groups is 3. The molecule has 2 aromatic heterocycles.